The third-order valence-electron chi connectivity index (χ3n) is 5.02. The van der Waals surface area contributed by atoms with Crippen LogP contribution in [0.25, 0.3) is 11.1 Å². The molecule has 1 heterocycles. The first kappa shape index (κ1) is 21.1. The topological polar surface area (TPSA) is 67.5 Å². The van der Waals surface area contributed by atoms with Crippen LogP contribution >= 0.6 is 0 Å². The molecule has 29 heavy (non-hydrogen) atoms. The summed E-state index contributed by atoms with van der Waals surface area (Å²) in [4.78, 5) is 13.4. The SMILES string of the molecule is Cc1ccc(S(=O)C(C)Cc2cc(O)c(-c3c(C)cc(C)cc3C)c(=O)o2)cc1. The molecule has 2 unspecified atom stereocenters. The van der Waals surface area contributed by atoms with Crippen molar-refractivity contribution in [3.8, 4) is 16.9 Å². The Hall–Kier alpha value is -2.66. The largest absolute Gasteiger partial charge is 0.507 e. The lowest BCUT2D eigenvalue weighted by atomic mass is 9.94. The molecule has 1 N–H and O–H groups in total. The van der Waals surface area contributed by atoms with E-state index in [-0.39, 0.29) is 23.0 Å². The third kappa shape index (κ3) is 4.51. The highest BCUT2D eigenvalue weighted by Crippen LogP contribution is 2.33. The zero-order chi connectivity index (χ0) is 21.3. The summed E-state index contributed by atoms with van der Waals surface area (Å²) in [5, 5.41) is 10.3. The molecule has 0 aliphatic rings. The molecule has 0 saturated heterocycles. The molecule has 3 aromatic rings. The molecule has 0 radical (unpaired) electrons. The van der Waals surface area contributed by atoms with Crippen molar-refractivity contribution >= 4 is 10.8 Å². The quantitative estimate of drug-likeness (QED) is 0.644. The van der Waals surface area contributed by atoms with E-state index in [9.17, 15) is 14.1 Å². The van der Waals surface area contributed by atoms with E-state index in [4.69, 9.17) is 4.42 Å². The van der Waals surface area contributed by atoms with Crippen LogP contribution < -0.4 is 5.63 Å². The molecule has 152 valence electrons. The van der Waals surface area contributed by atoms with Crippen molar-refractivity contribution in [2.24, 2.45) is 0 Å². The molecular formula is C24H26O4S. The summed E-state index contributed by atoms with van der Waals surface area (Å²) in [5.74, 6) is 0.214. The number of aromatic hydroxyl groups is 1. The summed E-state index contributed by atoms with van der Waals surface area (Å²) in [6.07, 6.45) is 0.287. The molecule has 0 saturated carbocycles. The van der Waals surface area contributed by atoms with Gasteiger partial charge in [-0.3, -0.25) is 4.21 Å². The van der Waals surface area contributed by atoms with Crippen molar-refractivity contribution in [1.82, 2.24) is 0 Å². The zero-order valence-electron chi connectivity index (χ0n) is 17.4. The van der Waals surface area contributed by atoms with Crippen molar-refractivity contribution in [3.63, 3.8) is 0 Å². The summed E-state index contributed by atoms with van der Waals surface area (Å²) < 4.78 is 18.3. The maximum Gasteiger partial charge on any atom is 0.347 e. The number of benzene rings is 2. The molecule has 0 amide bonds. The molecule has 0 fully saturated rings. The molecule has 3 rings (SSSR count). The van der Waals surface area contributed by atoms with Gasteiger partial charge < -0.3 is 9.52 Å². The minimum Gasteiger partial charge on any atom is -0.507 e. The first-order chi connectivity index (χ1) is 13.7. The van der Waals surface area contributed by atoms with Crippen LogP contribution in [0.15, 0.2) is 56.6 Å². The van der Waals surface area contributed by atoms with Crippen LogP contribution in [-0.2, 0) is 17.2 Å². The number of hydrogen-bond acceptors (Lipinski definition) is 4. The molecular weight excluding hydrogens is 384 g/mol. The fraction of sp³-hybridized carbons (Fsp3) is 0.292. The molecule has 4 nitrogen and oxygen atoms in total. The Balaban J connectivity index is 1.91. The van der Waals surface area contributed by atoms with Gasteiger partial charge in [0.1, 0.15) is 17.1 Å². The predicted molar refractivity (Wildman–Crippen MR) is 117 cm³/mol. The molecule has 0 bridgehead atoms. The Labute approximate surface area is 173 Å². The molecule has 1 aromatic heterocycles. The van der Waals surface area contributed by atoms with Gasteiger partial charge in [-0.15, -0.1) is 0 Å². The van der Waals surface area contributed by atoms with Gasteiger partial charge in [-0.1, -0.05) is 42.3 Å². The van der Waals surface area contributed by atoms with Gasteiger partial charge in [0, 0.05) is 22.6 Å². The average Bonchev–Trinajstić information content (AvgIpc) is 2.63. The Bertz CT molecular complexity index is 1100. The van der Waals surface area contributed by atoms with E-state index < -0.39 is 16.4 Å². The van der Waals surface area contributed by atoms with Crippen molar-refractivity contribution in [2.45, 2.75) is 51.2 Å². The van der Waals surface area contributed by atoms with Crippen LogP contribution in [0, 0.1) is 27.7 Å². The van der Waals surface area contributed by atoms with Gasteiger partial charge in [0.15, 0.2) is 0 Å². The Morgan fingerprint density at radius 2 is 1.52 bits per heavy atom. The second kappa shape index (κ2) is 8.37. The molecule has 0 spiro atoms. The average molecular weight is 411 g/mol. The first-order valence-corrected chi connectivity index (χ1v) is 10.8. The van der Waals surface area contributed by atoms with Crippen molar-refractivity contribution in [3.05, 3.63) is 80.9 Å². The lowest BCUT2D eigenvalue weighted by Crippen LogP contribution is -2.16. The van der Waals surface area contributed by atoms with E-state index in [1.165, 1.54) is 6.07 Å². The maximum absolute atomic E-state index is 12.8. The van der Waals surface area contributed by atoms with Crippen LogP contribution in [0.3, 0.4) is 0 Å². The van der Waals surface area contributed by atoms with Gasteiger partial charge in [-0.25, -0.2) is 4.79 Å². The second-order valence-corrected chi connectivity index (χ2v) is 9.53. The summed E-state index contributed by atoms with van der Waals surface area (Å²) in [6, 6.07) is 13.0. The van der Waals surface area contributed by atoms with E-state index >= 15 is 0 Å². The second-order valence-electron chi connectivity index (χ2n) is 7.66. The van der Waals surface area contributed by atoms with Gasteiger partial charge in [0.2, 0.25) is 0 Å². The fourth-order valence-electron chi connectivity index (χ4n) is 3.70. The van der Waals surface area contributed by atoms with Gasteiger partial charge in [0.25, 0.3) is 0 Å². The standard InChI is InChI=1S/C24H26O4S/c1-14-6-8-20(9-7-14)29(27)18(5)12-19-13-21(25)23(24(26)28-19)22-16(3)10-15(2)11-17(22)4/h6-11,13,18,25H,12H2,1-5H3. The van der Waals surface area contributed by atoms with Crippen LogP contribution in [0.5, 0.6) is 5.75 Å². The van der Waals surface area contributed by atoms with Crippen LogP contribution in [0.4, 0.5) is 0 Å². The zero-order valence-corrected chi connectivity index (χ0v) is 18.2. The van der Waals surface area contributed by atoms with Crippen molar-refractivity contribution in [1.29, 1.82) is 0 Å². The van der Waals surface area contributed by atoms with E-state index in [2.05, 4.69) is 0 Å². The van der Waals surface area contributed by atoms with E-state index in [0.29, 0.717) is 11.3 Å². The van der Waals surface area contributed by atoms with Gasteiger partial charge >= 0.3 is 5.63 Å². The lowest BCUT2D eigenvalue weighted by molar-refractivity contribution is 0.426. The highest BCUT2D eigenvalue weighted by atomic mass is 32.2. The molecule has 2 atom stereocenters. The smallest absolute Gasteiger partial charge is 0.347 e. The first-order valence-electron chi connectivity index (χ1n) is 9.59. The van der Waals surface area contributed by atoms with E-state index in [1.807, 2.05) is 71.0 Å². The van der Waals surface area contributed by atoms with Crippen LogP contribution in [0.2, 0.25) is 0 Å². The Kier molecular flexibility index (Phi) is 6.08. The predicted octanol–water partition coefficient (Wildman–Crippen LogP) is 4.98. The van der Waals surface area contributed by atoms with Gasteiger partial charge in [0.05, 0.1) is 10.8 Å². The van der Waals surface area contributed by atoms with Crippen molar-refractivity contribution < 1.29 is 13.7 Å². The molecule has 2 aromatic carbocycles. The van der Waals surface area contributed by atoms with Crippen molar-refractivity contribution in [2.75, 3.05) is 0 Å². The lowest BCUT2D eigenvalue weighted by Gasteiger charge is -2.14. The molecule has 5 heteroatoms. The normalized spacial score (nSPS) is 13.3. The Morgan fingerprint density at radius 1 is 0.931 bits per heavy atom. The van der Waals surface area contributed by atoms with Crippen LogP contribution in [-0.4, -0.2) is 14.6 Å². The molecule has 0 aliphatic heterocycles. The number of rotatable bonds is 5. The van der Waals surface area contributed by atoms with Gasteiger partial charge in [-0.05, 0) is 56.5 Å². The highest BCUT2D eigenvalue weighted by Gasteiger charge is 2.20. The summed E-state index contributed by atoms with van der Waals surface area (Å²) in [6.45, 7) is 9.64. The van der Waals surface area contributed by atoms with E-state index in [0.717, 1.165) is 27.1 Å². The minimum absolute atomic E-state index is 0.111. The fourth-order valence-corrected chi connectivity index (χ4v) is 4.88. The summed E-state index contributed by atoms with van der Waals surface area (Å²) in [7, 11) is -1.25. The molecule has 0 aliphatic carbocycles. The van der Waals surface area contributed by atoms with E-state index in [1.54, 1.807) is 0 Å². The minimum atomic E-state index is -1.25. The number of aryl methyl sites for hydroxylation is 4. The summed E-state index contributed by atoms with van der Waals surface area (Å²) in [5.41, 5.74) is 4.31. The summed E-state index contributed by atoms with van der Waals surface area (Å²) >= 11 is 0. The highest BCUT2D eigenvalue weighted by molar-refractivity contribution is 7.85. The van der Waals surface area contributed by atoms with Crippen LogP contribution in [0.1, 0.15) is 34.9 Å². The Morgan fingerprint density at radius 3 is 2.07 bits per heavy atom. The van der Waals surface area contributed by atoms with Gasteiger partial charge in [-0.2, -0.15) is 0 Å². The maximum atomic E-state index is 12.8. The third-order valence-corrected chi connectivity index (χ3v) is 6.65. The number of hydrogen-bond donors (Lipinski definition) is 1. The monoisotopic (exact) mass is 410 g/mol.